The van der Waals surface area contributed by atoms with Gasteiger partial charge in [0.1, 0.15) is 5.01 Å². The van der Waals surface area contributed by atoms with Gasteiger partial charge >= 0.3 is 0 Å². The fourth-order valence-electron chi connectivity index (χ4n) is 1.68. The molecule has 0 saturated carbocycles. The molecule has 0 saturated heterocycles. The Kier molecular flexibility index (Phi) is 3.81. The fraction of sp³-hybridized carbons (Fsp3) is 0.385. The van der Waals surface area contributed by atoms with Crippen molar-refractivity contribution in [2.45, 2.75) is 19.9 Å². The lowest BCUT2D eigenvalue weighted by Crippen LogP contribution is -2.10. The topological polar surface area (TPSA) is 41.1 Å². The average molecular weight is 262 g/mol. The molecule has 0 aliphatic heterocycles. The number of nitrogens with one attached hydrogen (secondary N) is 1. The summed E-state index contributed by atoms with van der Waals surface area (Å²) in [7, 11) is 4.08. The summed E-state index contributed by atoms with van der Waals surface area (Å²) in [5.74, 6) is 0. The van der Waals surface area contributed by atoms with Crippen LogP contribution in [0.3, 0.4) is 0 Å². The molecule has 1 unspecified atom stereocenters. The van der Waals surface area contributed by atoms with Gasteiger partial charge in [-0.25, -0.2) is 0 Å². The van der Waals surface area contributed by atoms with Crippen LogP contribution in [0.25, 0.3) is 0 Å². The third kappa shape index (κ3) is 2.98. The predicted octanol–water partition coefficient (Wildman–Crippen LogP) is 3.09. The molecule has 5 heteroatoms. The highest BCUT2D eigenvalue weighted by molar-refractivity contribution is 7.15. The van der Waals surface area contributed by atoms with E-state index in [9.17, 15) is 0 Å². The molecule has 1 N–H and O–H groups in total. The van der Waals surface area contributed by atoms with Crippen LogP contribution in [0.2, 0.25) is 0 Å². The van der Waals surface area contributed by atoms with Gasteiger partial charge in [-0.1, -0.05) is 23.5 Å². The van der Waals surface area contributed by atoms with Crippen LogP contribution in [0, 0.1) is 6.92 Å². The molecule has 0 radical (unpaired) electrons. The van der Waals surface area contributed by atoms with Crippen molar-refractivity contribution < 1.29 is 0 Å². The van der Waals surface area contributed by atoms with Gasteiger partial charge in [-0.2, -0.15) is 0 Å². The molecule has 1 aromatic heterocycles. The van der Waals surface area contributed by atoms with E-state index in [2.05, 4.69) is 51.6 Å². The largest absolute Gasteiger partial charge is 0.378 e. The molecule has 1 atom stereocenters. The lowest BCUT2D eigenvalue weighted by molar-refractivity contribution is 0.872. The molecular weight excluding hydrogens is 244 g/mol. The molecule has 1 aromatic carbocycles. The zero-order valence-corrected chi connectivity index (χ0v) is 12.0. The molecular formula is C13H18N4S. The summed E-state index contributed by atoms with van der Waals surface area (Å²) in [6, 6.07) is 8.76. The summed E-state index contributed by atoms with van der Waals surface area (Å²) in [4.78, 5) is 2.09. The molecule has 0 fully saturated rings. The lowest BCUT2D eigenvalue weighted by Gasteiger charge is -2.16. The highest BCUT2D eigenvalue weighted by Crippen LogP contribution is 2.23. The Balaban J connectivity index is 2.06. The molecule has 2 aromatic rings. The summed E-state index contributed by atoms with van der Waals surface area (Å²) in [6.45, 7) is 4.08. The van der Waals surface area contributed by atoms with Gasteiger partial charge in [0.15, 0.2) is 0 Å². The molecule has 0 aliphatic carbocycles. The van der Waals surface area contributed by atoms with Gasteiger partial charge in [0.2, 0.25) is 5.13 Å². The van der Waals surface area contributed by atoms with Gasteiger partial charge in [0.25, 0.3) is 0 Å². The third-order valence-corrected chi connectivity index (χ3v) is 3.55. The Morgan fingerprint density at radius 3 is 2.33 bits per heavy atom. The number of anilines is 2. The SMILES string of the molecule is Cc1nnc(NC(C)c2ccc(N(C)C)cc2)s1. The average Bonchev–Trinajstić information content (AvgIpc) is 2.75. The minimum atomic E-state index is 0.230. The van der Waals surface area contributed by atoms with Gasteiger partial charge in [0.05, 0.1) is 6.04 Å². The zero-order chi connectivity index (χ0) is 13.1. The summed E-state index contributed by atoms with van der Waals surface area (Å²) in [5, 5.41) is 13.3. The van der Waals surface area contributed by atoms with E-state index in [0.29, 0.717) is 0 Å². The van der Waals surface area contributed by atoms with Crippen molar-refractivity contribution in [3.8, 4) is 0 Å². The van der Waals surface area contributed by atoms with Crippen LogP contribution in [0.15, 0.2) is 24.3 Å². The van der Waals surface area contributed by atoms with Crippen molar-refractivity contribution in [3.63, 3.8) is 0 Å². The lowest BCUT2D eigenvalue weighted by atomic mass is 10.1. The van der Waals surface area contributed by atoms with E-state index in [1.54, 1.807) is 11.3 Å². The van der Waals surface area contributed by atoms with Crippen molar-refractivity contribution in [1.29, 1.82) is 0 Å². The quantitative estimate of drug-likeness (QED) is 0.919. The number of benzene rings is 1. The van der Waals surface area contributed by atoms with E-state index in [-0.39, 0.29) is 6.04 Å². The Morgan fingerprint density at radius 2 is 1.83 bits per heavy atom. The predicted molar refractivity (Wildman–Crippen MR) is 77.5 cm³/mol. The number of aromatic nitrogens is 2. The van der Waals surface area contributed by atoms with E-state index in [4.69, 9.17) is 0 Å². The number of hydrogen-bond donors (Lipinski definition) is 1. The van der Waals surface area contributed by atoms with E-state index in [1.807, 2.05) is 21.0 Å². The first kappa shape index (κ1) is 12.8. The van der Waals surface area contributed by atoms with Crippen molar-refractivity contribution >= 4 is 22.2 Å². The Labute approximate surface area is 112 Å². The second-order valence-electron chi connectivity index (χ2n) is 4.48. The number of hydrogen-bond acceptors (Lipinski definition) is 5. The van der Waals surface area contributed by atoms with Crippen LogP contribution in [0.4, 0.5) is 10.8 Å². The summed E-state index contributed by atoms with van der Waals surface area (Å²) >= 11 is 1.58. The maximum atomic E-state index is 4.08. The Morgan fingerprint density at radius 1 is 1.17 bits per heavy atom. The van der Waals surface area contributed by atoms with E-state index in [1.165, 1.54) is 11.3 Å². The second kappa shape index (κ2) is 5.35. The van der Waals surface area contributed by atoms with Crippen molar-refractivity contribution in [3.05, 3.63) is 34.8 Å². The Bertz CT molecular complexity index is 504. The van der Waals surface area contributed by atoms with Gasteiger partial charge in [-0.3, -0.25) is 0 Å². The van der Waals surface area contributed by atoms with Gasteiger partial charge in [-0.05, 0) is 31.5 Å². The normalized spacial score (nSPS) is 12.2. The van der Waals surface area contributed by atoms with Crippen molar-refractivity contribution in [1.82, 2.24) is 10.2 Å². The number of aryl methyl sites for hydroxylation is 1. The van der Waals surface area contributed by atoms with Crippen LogP contribution < -0.4 is 10.2 Å². The molecule has 18 heavy (non-hydrogen) atoms. The zero-order valence-electron chi connectivity index (χ0n) is 11.1. The molecule has 0 spiro atoms. The monoisotopic (exact) mass is 262 g/mol. The van der Waals surface area contributed by atoms with E-state index >= 15 is 0 Å². The van der Waals surface area contributed by atoms with Crippen molar-refractivity contribution in [2.24, 2.45) is 0 Å². The molecule has 2 rings (SSSR count). The minimum Gasteiger partial charge on any atom is -0.378 e. The van der Waals surface area contributed by atoms with Crippen LogP contribution in [0.5, 0.6) is 0 Å². The summed E-state index contributed by atoms with van der Waals surface area (Å²) < 4.78 is 0. The van der Waals surface area contributed by atoms with Crippen molar-refractivity contribution in [2.75, 3.05) is 24.3 Å². The maximum Gasteiger partial charge on any atom is 0.206 e. The maximum absolute atomic E-state index is 4.08. The molecule has 0 aliphatic rings. The third-order valence-electron chi connectivity index (χ3n) is 2.78. The fourth-order valence-corrected chi connectivity index (χ4v) is 2.36. The number of rotatable bonds is 4. The molecule has 0 bridgehead atoms. The summed E-state index contributed by atoms with van der Waals surface area (Å²) in [6.07, 6.45) is 0. The minimum absolute atomic E-state index is 0.230. The first-order chi connectivity index (χ1) is 8.56. The Hall–Kier alpha value is -1.62. The van der Waals surface area contributed by atoms with Crippen LogP contribution in [0.1, 0.15) is 23.5 Å². The molecule has 1 heterocycles. The van der Waals surface area contributed by atoms with Crippen LogP contribution in [-0.4, -0.2) is 24.3 Å². The number of nitrogens with zero attached hydrogens (tertiary/aromatic N) is 3. The van der Waals surface area contributed by atoms with Crippen LogP contribution >= 0.6 is 11.3 Å². The molecule has 96 valence electrons. The van der Waals surface area contributed by atoms with Gasteiger partial charge in [-0.15, -0.1) is 10.2 Å². The van der Waals surface area contributed by atoms with Gasteiger partial charge in [0, 0.05) is 19.8 Å². The van der Waals surface area contributed by atoms with Gasteiger partial charge < -0.3 is 10.2 Å². The highest BCUT2D eigenvalue weighted by atomic mass is 32.1. The first-order valence-electron chi connectivity index (χ1n) is 5.90. The standard InChI is InChI=1S/C13H18N4S/c1-9(14-13-16-15-10(2)18-13)11-5-7-12(8-6-11)17(3)4/h5-9H,1-4H3,(H,14,16). The first-order valence-corrected chi connectivity index (χ1v) is 6.72. The molecule has 4 nitrogen and oxygen atoms in total. The van der Waals surface area contributed by atoms with E-state index in [0.717, 1.165) is 10.1 Å². The van der Waals surface area contributed by atoms with E-state index < -0.39 is 0 Å². The van der Waals surface area contributed by atoms with Crippen LogP contribution in [-0.2, 0) is 0 Å². The second-order valence-corrected chi connectivity index (χ2v) is 5.66. The smallest absolute Gasteiger partial charge is 0.206 e. The summed E-state index contributed by atoms with van der Waals surface area (Å²) in [5.41, 5.74) is 2.45. The molecule has 0 amide bonds. The highest BCUT2D eigenvalue weighted by Gasteiger charge is 2.08.